The van der Waals surface area contributed by atoms with Gasteiger partial charge in [-0.3, -0.25) is 15.0 Å². The van der Waals surface area contributed by atoms with Crippen molar-refractivity contribution in [2.75, 3.05) is 25.0 Å². The van der Waals surface area contributed by atoms with Gasteiger partial charge in [-0.05, 0) is 38.9 Å². The Labute approximate surface area is 123 Å². The molecule has 1 saturated heterocycles. The molecule has 2 heterocycles. The number of nitrogens with zero attached hydrogens (tertiary/aromatic N) is 4. The molecule has 112 valence electrons. The Morgan fingerprint density at radius 3 is 2.81 bits per heavy atom. The van der Waals surface area contributed by atoms with Crippen LogP contribution >= 0.6 is 0 Å². The number of nitrogens with one attached hydrogen (secondary N) is 1. The van der Waals surface area contributed by atoms with Gasteiger partial charge in [0.2, 0.25) is 5.69 Å². The van der Waals surface area contributed by atoms with Crippen LogP contribution in [0.2, 0.25) is 0 Å². The van der Waals surface area contributed by atoms with E-state index < -0.39 is 4.92 Å². The number of nitro groups is 1. The predicted octanol–water partition coefficient (Wildman–Crippen LogP) is 2.15. The highest BCUT2D eigenvalue weighted by Gasteiger charge is 2.18. The van der Waals surface area contributed by atoms with E-state index in [2.05, 4.69) is 22.1 Å². The summed E-state index contributed by atoms with van der Waals surface area (Å²) in [6.07, 6.45) is 3.77. The van der Waals surface area contributed by atoms with Crippen LogP contribution in [0.15, 0.2) is 12.1 Å². The van der Waals surface area contributed by atoms with E-state index in [0.717, 1.165) is 13.1 Å². The minimum atomic E-state index is -0.592. The first kappa shape index (κ1) is 15.2. The normalized spacial score (nSPS) is 17.0. The van der Waals surface area contributed by atoms with Crippen LogP contribution in [0, 0.1) is 21.4 Å². The summed E-state index contributed by atoms with van der Waals surface area (Å²) in [5.41, 5.74) is -0.414. The largest absolute Gasteiger partial charge is 0.368 e. The third-order valence-electron chi connectivity index (χ3n) is 3.77. The minimum absolute atomic E-state index is 0.157. The number of pyridine rings is 1. The molecule has 1 fully saturated rings. The van der Waals surface area contributed by atoms with Crippen LogP contribution in [0.1, 0.15) is 31.9 Å². The van der Waals surface area contributed by atoms with Crippen LogP contribution in [-0.2, 0) is 0 Å². The Morgan fingerprint density at radius 2 is 2.19 bits per heavy atom. The second kappa shape index (κ2) is 6.99. The maximum atomic E-state index is 10.8. The standard InChI is InChI=1S/C14H19N5O2/c1-11(18-7-3-2-4-8-18)10-16-14-6-5-13(19(20)21)12(9-15)17-14/h5-6,11H,2-4,7-8,10H2,1H3,(H,16,17). The van der Waals surface area contributed by atoms with Crippen LogP contribution in [-0.4, -0.2) is 40.5 Å². The van der Waals surface area contributed by atoms with Gasteiger partial charge in [-0.2, -0.15) is 5.26 Å². The number of aromatic nitrogens is 1. The molecule has 0 spiro atoms. The molecule has 0 aromatic carbocycles. The smallest absolute Gasteiger partial charge is 0.305 e. The Hall–Kier alpha value is -2.20. The van der Waals surface area contributed by atoms with Crippen molar-refractivity contribution in [1.29, 1.82) is 5.26 Å². The van der Waals surface area contributed by atoms with E-state index in [1.807, 2.05) is 0 Å². The molecule has 0 saturated carbocycles. The highest BCUT2D eigenvalue weighted by molar-refractivity contribution is 5.50. The summed E-state index contributed by atoms with van der Waals surface area (Å²) in [6, 6.07) is 5.00. The van der Waals surface area contributed by atoms with Crippen molar-refractivity contribution in [3.8, 4) is 6.07 Å². The van der Waals surface area contributed by atoms with Crippen molar-refractivity contribution in [3.05, 3.63) is 27.9 Å². The number of nitriles is 1. The van der Waals surface area contributed by atoms with Crippen molar-refractivity contribution >= 4 is 11.5 Å². The molecule has 0 radical (unpaired) electrons. The number of piperidine rings is 1. The van der Waals surface area contributed by atoms with Crippen molar-refractivity contribution in [1.82, 2.24) is 9.88 Å². The van der Waals surface area contributed by atoms with Crippen LogP contribution in [0.4, 0.5) is 11.5 Å². The summed E-state index contributed by atoms with van der Waals surface area (Å²) in [7, 11) is 0. The van der Waals surface area contributed by atoms with Crippen LogP contribution < -0.4 is 5.32 Å². The first-order chi connectivity index (χ1) is 10.1. The highest BCUT2D eigenvalue weighted by Crippen LogP contribution is 2.18. The first-order valence-corrected chi connectivity index (χ1v) is 7.15. The molecular formula is C14H19N5O2. The lowest BCUT2D eigenvalue weighted by molar-refractivity contribution is -0.385. The molecule has 1 atom stereocenters. The summed E-state index contributed by atoms with van der Waals surface area (Å²) in [5, 5.41) is 22.8. The number of anilines is 1. The Morgan fingerprint density at radius 1 is 1.48 bits per heavy atom. The van der Waals surface area contributed by atoms with Gasteiger partial charge in [0.25, 0.3) is 0 Å². The lowest BCUT2D eigenvalue weighted by atomic mass is 10.1. The van der Waals surface area contributed by atoms with Crippen LogP contribution in [0.25, 0.3) is 0 Å². The van der Waals surface area contributed by atoms with Gasteiger partial charge in [0, 0.05) is 18.7 Å². The van der Waals surface area contributed by atoms with Gasteiger partial charge in [-0.25, -0.2) is 4.98 Å². The van der Waals surface area contributed by atoms with Crippen LogP contribution in [0.5, 0.6) is 0 Å². The summed E-state index contributed by atoms with van der Waals surface area (Å²) in [6.45, 7) is 5.07. The average molecular weight is 289 g/mol. The molecule has 1 aliphatic heterocycles. The monoisotopic (exact) mass is 289 g/mol. The van der Waals surface area contributed by atoms with E-state index in [1.54, 1.807) is 12.1 Å². The molecular weight excluding hydrogens is 270 g/mol. The summed E-state index contributed by atoms with van der Waals surface area (Å²) < 4.78 is 0. The van der Waals surface area contributed by atoms with Gasteiger partial charge < -0.3 is 5.32 Å². The topological polar surface area (TPSA) is 95.1 Å². The molecule has 1 aliphatic rings. The summed E-state index contributed by atoms with van der Waals surface area (Å²) in [4.78, 5) is 16.6. The summed E-state index contributed by atoms with van der Waals surface area (Å²) >= 11 is 0. The fraction of sp³-hybridized carbons (Fsp3) is 0.571. The number of rotatable bonds is 5. The molecule has 1 aromatic heterocycles. The van der Waals surface area contributed by atoms with Crippen LogP contribution in [0.3, 0.4) is 0 Å². The van der Waals surface area contributed by atoms with Gasteiger partial charge in [-0.1, -0.05) is 6.42 Å². The second-order valence-corrected chi connectivity index (χ2v) is 5.26. The van der Waals surface area contributed by atoms with Gasteiger partial charge in [0.05, 0.1) is 4.92 Å². The number of likely N-dealkylation sites (tertiary alicyclic amines) is 1. The lowest BCUT2D eigenvalue weighted by Crippen LogP contribution is -2.41. The Bertz CT molecular complexity index is 549. The molecule has 21 heavy (non-hydrogen) atoms. The molecule has 7 nitrogen and oxygen atoms in total. The molecule has 0 amide bonds. The molecule has 1 N–H and O–H groups in total. The molecule has 7 heteroatoms. The maximum Gasteiger partial charge on any atom is 0.305 e. The minimum Gasteiger partial charge on any atom is -0.368 e. The third kappa shape index (κ3) is 3.89. The second-order valence-electron chi connectivity index (χ2n) is 5.26. The molecule has 2 rings (SSSR count). The fourth-order valence-electron chi connectivity index (χ4n) is 2.52. The molecule has 0 bridgehead atoms. The van der Waals surface area contributed by atoms with E-state index in [9.17, 15) is 10.1 Å². The van der Waals surface area contributed by atoms with Crippen molar-refractivity contribution in [3.63, 3.8) is 0 Å². The lowest BCUT2D eigenvalue weighted by Gasteiger charge is -2.32. The van der Waals surface area contributed by atoms with E-state index in [4.69, 9.17) is 5.26 Å². The zero-order chi connectivity index (χ0) is 15.2. The van der Waals surface area contributed by atoms with E-state index in [-0.39, 0.29) is 11.4 Å². The van der Waals surface area contributed by atoms with E-state index in [1.165, 1.54) is 25.3 Å². The Balaban J connectivity index is 1.97. The number of hydrogen-bond acceptors (Lipinski definition) is 6. The van der Waals surface area contributed by atoms with Crippen molar-refractivity contribution < 1.29 is 4.92 Å². The van der Waals surface area contributed by atoms with Crippen molar-refractivity contribution in [2.45, 2.75) is 32.2 Å². The van der Waals surface area contributed by atoms with Gasteiger partial charge in [0.15, 0.2) is 0 Å². The quantitative estimate of drug-likeness (QED) is 0.659. The summed E-state index contributed by atoms with van der Waals surface area (Å²) in [5.74, 6) is 0.501. The molecule has 1 aromatic rings. The van der Waals surface area contributed by atoms with Gasteiger partial charge in [-0.15, -0.1) is 0 Å². The maximum absolute atomic E-state index is 10.8. The fourth-order valence-corrected chi connectivity index (χ4v) is 2.52. The Kier molecular flexibility index (Phi) is 5.06. The van der Waals surface area contributed by atoms with Gasteiger partial charge in [0.1, 0.15) is 11.9 Å². The third-order valence-corrected chi connectivity index (χ3v) is 3.77. The van der Waals surface area contributed by atoms with E-state index in [0.29, 0.717) is 18.4 Å². The van der Waals surface area contributed by atoms with Crippen molar-refractivity contribution in [2.24, 2.45) is 0 Å². The SMILES string of the molecule is CC(CNc1ccc([N+](=O)[O-])c(C#N)n1)N1CCCCC1. The zero-order valence-electron chi connectivity index (χ0n) is 12.1. The highest BCUT2D eigenvalue weighted by atomic mass is 16.6. The average Bonchev–Trinajstić information content (AvgIpc) is 2.52. The zero-order valence-corrected chi connectivity index (χ0v) is 12.1. The number of hydrogen-bond donors (Lipinski definition) is 1. The molecule has 0 aliphatic carbocycles. The molecule has 1 unspecified atom stereocenters. The van der Waals surface area contributed by atoms with Gasteiger partial charge >= 0.3 is 5.69 Å². The first-order valence-electron chi connectivity index (χ1n) is 7.15. The predicted molar refractivity (Wildman–Crippen MR) is 79.0 cm³/mol. The van der Waals surface area contributed by atoms with E-state index >= 15 is 0 Å².